The van der Waals surface area contributed by atoms with E-state index < -0.39 is 5.97 Å². The smallest absolute Gasteiger partial charge is 0.345 e. The largest absolute Gasteiger partial charge is 0.462 e. The van der Waals surface area contributed by atoms with Crippen molar-refractivity contribution in [2.45, 2.75) is 6.92 Å². The quantitative estimate of drug-likeness (QED) is 0.356. The van der Waals surface area contributed by atoms with Gasteiger partial charge in [0.2, 0.25) is 5.88 Å². The molecule has 0 amide bonds. The molecule has 1 heterocycles. The second kappa shape index (κ2) is 9.33. The summed E-state index contributed by atoms with van der Waals surface area (Å²) < 4.78 is 10.9. The number of ether oxygens (including phenoxy) is 1. The van der Waals surface area contributed by atoms with Crippen molar-refractivity contribution < 1.29 is 13.9 Å². The number of nitrogens with zero attached hydrogens (tertiary/aromatic N) is 1. The molecule has 0 atom stereocenters. The first-order valence-corrected chi connectivity index (χ1v) is 9.48. The van der Waals surface area contributed by atoms with Gasteiger partial charge in [-0.05, 0) is 36.8 Å². The molecule has 0 aliphatic heterocycles. The summed E-state index contributed by atoms with van der Waals surface area (Å²) in [6, 6.07) is 18.1. The average Bonchev–Trinajstić information content (AvgIpc) is 3.03. The maximum absolute atomic E-state index is 12.5. The fourth-order valence-corrected chi connectivity index (χ4v) is 2.97. The van der Waals surface area contributed by atoms with Crippen LogP contribution in [0.3, 0.4) is 0 Å². The van der Waals surface area contributed by atoms with E-state index in [1.165, 1.54) is 6.08 Å². The molecule has 5 nitrogen and oxygen atoms in total. The molecule has 0 radical (unpaired) electrons. The van der Waals surface area contributed by atoms with E-state index >= 15 is 0 Å². The van der Waals surface area contributed by atoms with Gasteiger partial charge in [-0.1, -0.05) is 53.5 Å². The number of benzene rings is 2. The second-order valence-corrected chi connectivity index (χ2v) is 6.69. The Morgan fingerprint density at radius 2 is 1.86 bits per heavy atom. The summed E-state index contributed by atoms with van der Waals surface area (Å²) in [5, 5.41) is 13.2. The molecule has 3 aromatic rings. The molecule has 0 spiro atoms. The summed E-state index contributed by atoms with van der Waals surface area (Å²) in [4.78, 5) is 12.5. The summed E-state index contributed by atoms with van der Waals surface area (Å²) in [5.41, 5.74) is 1.74. The zero-order valence-corrected chi connectivity index (χ0v) is 16.9. The lowest BCUT2D eigenvalue weighted by atomic mass is 10.1. The van der Waals surface area contributed by atoms with Gasteiger partial charge in [-0.25, -0.2) is 4.79 Å². The van der Waals surface area contributed by atoms with Gasteiger partial charge in [0.15, 0.2) is 0 Å². The van der Waals surface area contributed by atoms with Gasteiger partial charge in [0.25, 0.3) is 0 Å². The van der Waals surface area contributed by atoms with Crippen LogP contribution in [0.1, 0.15) is 28.6 Å². The SMILES string of the molecule is CCOC(=O)c1c(Nc2ccc(Cl)cc2)oc(/C=C(\C#N)c2ccccc2)c1Cl. The fraction of sp³-hybridized carbons (Fsp3) is 0.0909. The van der Waals surface area contributed by atoms with Crippen LogP contribution < -0.4 is 5.32 Å². The van der Waals surface area contributed by atoms with Gasteiger partial charge in [0, 0.05) is 16.8 Å². The molecule has 2 aromatic carbocycles. The Morgan fingerprint density at radius 3 is 2.48 bits per heavy atom. The third-order valence-corrected chi connectivity index (χ3v) is 4.56. The highest BCUT2D eigenvalue weighted by Gasteiger charge is 2.26. The highest BCUT2D eigenvalue weighted by Crippen LogP contribution is 2.36. The average molecular weight is 427 g/mol. The van der Waals surface area contributed by atoms with Crippen LogP contribution in [0.5, 0.6) is 0 Å². The Hall–Kier alpha value is -3.20. The Balaban J connectivity index is 2.06. The van der Waals surface area contributed by atoms with Crippen LogP contribution in [0, 0.1) is 11.3 Å². The Morgan fingerprint density at radius 1 is 1.17 bits per heavy atom. The molecule has 1 N–H and O–H groups in total. The van der Waals surface area contributed by atoms with Gasteiger partial charge in [0.05, 0.1) is 18.2 Å². The number of halogens is 2. The summed E-state index contributed by atoms with van der Waals surface area (Å²) >= 11 is 12.3. The van der Waals surface area contributed by atoms with Crippen molar-refractivity contribution in [3.05, 3.63) is 81.5 Å². The number of anilines is 2. The van der Waals surface area contributed by atoms with E-state index in [0.717, 1.165) is 0 Å². The van der Waals surface area contributed by atoms with Crippen LogP contribution >= 0.6 is 23.2 Å². The van der Waals surface area contributed by atoms with E-state index in [4.69, 9.17) is 32.4 Å². The summed E-state index contributed by atoms with van der Waals surface area (Å²) in [6.07, 6.45) is 1.49. The lowest BCUT2D eigenvalue weighted by molar-refractivity contribution is 0.0527. The van der Waals surface area contributed by atoms with Crippen molar-refractivity contribution in [1.29, 1.82) is 5.26 Å². The Kier molecular flexibility index (Phi) is 6.61. The zero-order valence-electron chi connectivity index (χ0n) is 15.4. The van der Waals surface area contributed by atoms with E-state index in [1.807, 2.05) is 18.2 Å². The zero-order chi connectivity index (χ0) is 20.8. The molecule has 0 aliphatic rings. The third kappa shape index (κ3) is 4.80. The molecule has 29 heavy (non-hydrogen) atoms. The predicted octanol–water partition coefficient (Wildman–Crippen LogP) is 6.57. The normalized spacial score (nSPS) is 11.0. The van der Waals surface area contributed by atoms with Crippen molar-refractivity contribution >= 4 is 52.4 Å². The van der Waals surface area contributed by atoms with Crippen LogP contribution in [0.15, 0.2) is 59.0 Å². The van der Waals surface area contributed by atoms with Crippen LogP contribution in [0.2, 0.25) is 10.0 Å². The standard InChI is InChI=1S/C22H16Cl2N2O3/c1-2-28-22(27)19-20(24)18(12-15(13-25)14-6-4-3-5-7-14)29-21(19)26-17-10-8-16(23)9-11-17/h3-12,26H,2H2,1H3/b15-12+. The summed E-state index contributed by atoms with van der Waals surface area (Å²) in [6.45, 7) is 1.88. The van der Waals surface area contributed by atoms with E-state index in [2.05, 4.69) is 11.4 Å². The fourth-order valence-electron chi connectivity index (χ4n) is 2.59. The van der Waals surface area contributed by atoms with E-state index in [-0.39, 0.29) is 28.8 Å². The van der Waals surface area contributed by atoms with Crippen molar-refractivity contribution in [1.82, 2.24) is 0 Å². The maximum atomic E-state index is 12.5. The number of hydrogen-bond donors (Lipinski definition) is 1. The minimum Gasteiger partial charge on any atom is -0.462 e. The molecule has 0 aliphatic carbocycles. The molecule has 0 unspecified atom stereocenters. The highest BCUT2D eigenvalue weighted by atomic mass is 35.5. The molecular formula is C22H16Cl2N2O3. The molecule has 0 saturated heterocycles. The molecule has 3 rings (SSSR count). The molecule has 7 heteroatoms. The van der Waals surface area contributed by atoms with E-state index in [0.29, 0.717) is 21.8 Å². The van der Waals surface area contributed by atoms with Gasteiger partial charge in [-0.15, -0.1) is 0 Å². The first-order chi connectivity index (χ1) is 14.0. The number of nitriles is 1. The topological polar surface area (TPSA) is 75.3 Å². The Labute approximate surface area is 178 Å². The highest BCUT2D eigenvalue weighted by molar-refractivity contribution is 6.36. The van der Waals surface area contributed by atoms with Gasteiger partial charge in [-0.3, -0.25) is 0 Å². The van der Waals surface area contributed by atoms with Gasteiger partial charge < -0.3 is 14.5 Å². The number of carbonyl (C=O) groups is 1. The lowest BCUT2D eigenvalue weighted by Crippen LogP contribution is -2.06. The molecule has 0 bridgehead atoms. The molecule has 146 valence electrons. The summed E-state index contributed by atoms with van der Waals surface area (Å²) in [7, 11) is 0. The van der Waals surface area contributed by atoms with Crippen molar-refractivity contribution in [2.75, 3.05) is 11.9 Å². The van der Waals surface area contributed by atoms with Gasteiger partial charge in [0.1, 0.15) is 16.3 Å². The van der Waals surface area contributed by atoms with Crippen LogP contribution in [-0.4, -0.2) is 12.6 Å². The first-order valence-electron chi connectivity index (χ1n) is 8.72. The number of allylic oxidation sites excluding steroid dienone is 1. The third-order valence-electron chi connectivity index (χ3n) is 3.94. The molecule has 0 saturated carbocycles. The number of esters is 1. The Bertz CT molecular complexity index is 1080. The lowest BCUT2D eigenvalue weighted by Gasteiger charge is -2.06. The molecule has 1 aromatic heterocycles. The minimum atomic E-state index is -0.629. The first kappa shape index (κ1) is 20.5. The molecular weight excluding hydrogens is 411 g/mol. The van der Waals surface area contributed by atoms with Crippen LogP contribution in [0.25, 0.3) is 11.6 Å². The minimum absolute atomic E-state index is 0.0556. The maximum Gasteiger partial charge on any atom is 0.345 e. The molecule has 0 fully saturated rings. The number of nitrogens with one attached hydrogen (secondary N) is 1. The van der Waals surface area contributed by atoms with Gasteiger partial charge in [-0.2, -0.15) is 5.26 Å². The number of rotatable bonds is 6. The van der Waals surface area contributed by atoms with E-state index in [1.54, 1.807) is 43.3 Å². The predicted molar refractivity (Wildman–Crippen MR) is 114 cm³/mol. The van der Waals surface area contributed by atoms with E-state index in [9.17, 15) is 10.1 Å². The van der Waals surface area contributed by atoms with Crippen molar-refractivity contribution in [2.24, 2.45) is 0 Å². The van der Waals surface area contributed by atoms with Gasteiger partial charge >= 0.3 is 5.97 Å². The monoisotopic (exact) mass is 426 g/mol. The second-order valence-electron chi connectivity index (χ2n) is 5.87. The number of hydrogen-bond acceptors (Lipinski definition) is 5. The number of furan rings is 1. The summed E-state index contributed by atoms with van der Waals surface area (Å²) in [5.74, 6) is -0.338. The number of carbonyl (C=O) groups excluding carboxylic acids is 1. The van der Waals surface area contributed by atoms with Crippen molar-refractivity contribution in [3.8, 4) is 6.07 Å². The van der Waals surface area contributed by atoms with Crippen LogP contribution in [-0.2, 0) is 4.74 Å². The van der Waals surface area contributed by atoms with Crippen LogP contribution in [0.4, 0.5) is 11.6 Å². The van der Waals surface area contributed by atoms with Crippen molar-refractivity contribution in [3.63, 3.8) is 0 Å².